The number of amides is 1. The molecule has 26 heavy (non-hydrogen) atoms. The third-order valence-electron chi connectivity index (χ3n) is 4.04. The van der Waals surface area contributed by atoms with Crippen LogP contribution in [0.15, 0.2) is 0 Å². The minimum absolute atomic E-state index is 0.153. The van der Waals surface area contributed by atoms with E-state index in [1.165, 1.54) is 4.90 Å². The Morgan fingerprint density at radius 3 is 2.08 bits per heavy atom. The van der Waals surface area contributed by atoms with Gasteiger partial charge in [0.2, 0.25) is 13.5 Å². The summed E-state index contributed by atoms with van der Waals surface area (Å²) >= 11 is 34.2. The van der Waals surface area contributed by atoms with Crippen LogP contribution < -0.4 is 5.32 Å². The first-order valence-corrected chi connectivity index (χ1v) is 11.9. The predicted octanol–water partition coefficient (Wildman–Crippen LogP) is 4.65. The van der Waals surface area contributed by atoms with Gasteiger partial charge < -0.3 is 19.3 Å². The topological polar surface area (TPSA) is 67.9 Å². The molecule has 0 radical (unpaired) electrons. The molecule has 0 aromatic carbocycles. The maximum atomic E-state index is 13.4. The van der Waals surface area contributed by atoms with E-state index in [0.717, 1.165) is 19.4 Å². The molecule has 2 fully saturated rings. The molecular weight excluding hydrogens is 492 g/mol. The van der Waals surface area contributed by atoms with E-state index < -0.39 is 34.2 Å². The van der Waals surface area contributed by atoms with Gasteiger partial charge in [-0.2, -0.15) is 0 Å². The lowest BCUT2D eigenvalue weighted by Gasteiger charge is -2.33. The molecule has 6 nitrogen and oxygen atoms in total. The second-order valence-electron chi connectivity index (χ2n) is 6.12. The number of nitrogens with one attached hydrogen (secondary N) is 1. The van der Waals surface area contributed by atoms with E-state index in [9.17, 15) is 9.36 Å². The summed E-state index contributed by atoms with van der Waals surface area (Å²) in [5.41, 5.74) is 0. The van der Waals surface area contributed by atoms with Gasteiger partial charge in [0.05, 0.1) is 6.04 Å². The molecule has 2 heterocycles. The smallest absolute Gasteiger partial charge is 0.327 e. The van der Waals surface area contributed by atoms with Gasteiger partial charge in [-0.3, -0.25) is 9.36 Å². The number of nitrogens with zero attached hydrogens (tertiary/aromatic N) is 1. The number of hydrogen-bond acceptors (Lipinski definition) is 5. The Bertz CT molecular complexity index is 528. The maximum Gasteiger partial charge on any atom is 0.353 e. The molecule has 2 atom stereocenters. The molecule has 2 unspecified atom stereocenters. The summed E-state index contributed by atoms with van der Waals surface area (Å²) in [4.78, 5) is 14.3. The summed E-state index contributed by atoms with van der Waals surface area (Å²) in [7, 11) is -3.94. The predicted molar refractivity (Wildman–Crippen MR) is 106 cm³/mol. The van der Waals surface area contributed by atoms with Gasteiger partial charge >= 0.3 is 7.60 Å². The number of hydrogen-bond donors (Lipinski definition) is 1. The molecule has 0 spiro atoms. The van der Waals surface area contributed by atoms with Crippen molar-refractivity contribution in [3.8, 4) is 0 Å². The summed E-state index contributed by atoms with van der Waals surface area (Å²) < 4.78 is 20.5. The van der Waals surface area contributed by atoms with Gasteiger partial charge in [0, 0.05) is 6.54 Å². The molecule has 152 valence electrons. The van der Waals surface area contributed by atoms with Crippen LogP contribution in [-0.4, -0.2) is 56.5 Å². The van der Waals surface area contributed by atoms with E-state index in [1.807, 2.05) is 0 Å². The van der Waals surface area contributed by atoms with Crippen LogP contribution >= 0.6 is 77.2 Å². The molecule has 2 rings (SSSR count). The first-order valence-electron chi connectivity index (χ1n) is 7.97. The Labute approximate surface area is 182 Å². The van der Waals surface area contributed by atoms with E-state index in [0.29, 0.717) is 19.4 Å². The first kappa shape index (κ1) is 23.6. The summed E-state index contributed by atoms with van der Waals surface area (Å²) in [5, 5.41) is 3.13. The van der Waals surface area contributed by atoms with Crippen LogP contribution in [0.4, 0.5) is 0 Å². The van der Waals surface area contributed by atoms with Crippen molar-refractivity contribution in [2.24, 2.45) is 0 Å². The van der Waals surface area contributed by atoms with Crippen molar-refractivity contribution in [1.82, 2.24) is 10.2 Å². The van der Waals surface area contributed by atoms with E-state index in [-0.39, 0.29) is 11.9 Å². The minimum Gasteiger partial charge on any atom is -0.327 e. The van der Waals surface area contributed by atoms with Crippen LogP contribution in [0.25, 0.3) is 0 Å². The average Bonchev–Trinajstić information content (AvgIpc) is 3.20. The largest absolute Gasteiger partial charge is 0.353 e. The van der Waals surface area contributed by atoms with Crippen LogP contribution in [0.5, 0.6) is 0 Å². The molecule has 13 heteroatoms. The molecule has 0 saturated carbocycles. The number of halogens is 6. The van der Waals surface area contributed by atoms with Crippen molar-refractivity contribution in [1.29, 1.82) is 0 Å². The molecule has 2 aliphatic rings. The third-order valence-corrected chi connectivity index (χ3v) is 6.94. The normalized spacial score (nSPS) is 25.1. The summed E-state index contributed by atoms with van der Waals surface area (Å²) in [6, 6.07) is -0.314. The summed E-state index contributed by atoms with van der Waals surface area (Å²) in [5.74, 6) is -0.975. The highest BCUT2D eigenvalue weighted by Gasteiger charge is 2.48. The molecule has 0 bridgehead atoms. The van der Waals surface area contributed by atoms with Crippen LogP contribution in [0, 0.1) is 0 Å². The Morgan fingerprint density at radius 1 is 1.04 bits per heavy atom. The lowest BCUT2D eigenvalue weighted by Crippen LogP contribution is -2.46. The summed E-state index contributed by atoms with van der Waals surface area (Å²) in [6.45, 7) is 0.212. The molecule has 0 aromatic rings. The number of rotatable bonds is 6. The lowest BCUT2D eigenvalue weighted by atomic mass is 10.2. The van der Waals surface area contributed by atoms with Crippen LogP contribution in [0.1, 0.15) is 25.7 Å². The second kappa shape index (κ2) is 9.42. The average molecular weight is 511 g/mol. The van der Waals surface area contributed by atoms with Crippen molar-refractivity contribution in [2.45, 2.75) is 45.1 Å². The fourth-order valence-electron chi connectivity index (χ4n) is 2.97. The van der Waals surface area contributed by atoms with Crippen LogP contribution in [0.3, 0.4) is 0 Å². The number of alkyl halides is 6. The van der Waals surface area contributed by atoms with Gasteiger partial charge in [0.25, 0.3) is 0 Å². The third kappa shape index (κ3) is 6.98. The fraction of sp³-hybridized carbons (Fsp3) is 0.923. The SMILES string of the molecule is O=C(C1CCCN1)N1CCCC1P(=O)(OCC(Cl)(Cl)Cl)OCC(Cl)(Cl)Cl. The monoisotopic (exact) mass is 508 g/mol. The van der Waals surface area contributed by atoms with Crippen molar-refractivity contribution >= 4 is 83.1 Å². The summed E-state index contributed by atoms with van der Waals surface area (Å²) in [6.07, 6.45) is 2.67. The van der Waals surface area contributed by atoms with E-state index >= 15 is 0 Å². The van der Waals surface area contributed by atoms with E-state index in [1.54, 1.807) is 0 Å². The van der Waals surface area contributed by atoms with Gasteiger partial charge in [-0.1, -0.05) is 69.6 Å². The zero-order valence-corrected chi connectivity index (χ0v) is 19.0. The van der Waals surface area contributed by atoms with Crippen LogP contribution in [0.2, 0.25) is 0 Å². The van der Waals surface area contributed by atoms with Crippen molar-refractivity contribution in [3.63, 3.8) is 0 Å². The number of likely N-dealkylation sites (tertiary alicyclic amines) is 1. The Hall–Kier alpha value is 1.32. The standard InChI is InChI=1S/C13H19Cl6N2O4P/c14-12(15,16)7-24-26(23,25-8-13(17,18)19)10-4-2-6-21(10)11(22)9-3-1-5-20-9/h9-10,20H,1-8H2. The molecular formula is C13H19Cl6N2O4P. The van der Waals surface area contributed by atoms with Crippen molar-refractivity contribution < 1.29 is 18.4 Å². The zero-order chi connectivity index (χ0) is 19.6. The highest BCUT2D eigenvalue weighted by atomic mass is 35.6. The fourth-order valence-corrected chi connectivity index (χ4v) is 5.99. The van der Waals surface area contributed by atoms with Crippen LogP contribution in [-0.2, 0) is 18.4 Å². The molecule has 1 amide bonds. The molecule has 0 aromatic heterocycles. The van der Waals surface area contributed by atoms with E-state index in [2.05, 4.69) is 5.32 Å². The molecule has 1 N–H and O–H groups in total. The Kier molecular flexibility index (Phi) is 8.55. The van der Waals surface area contributed by atoms with Gasteiger partial charge in [0.15, 0.2) is 0 Å². The number of carbonyl (C=O) groups is 1. The van der Waals surface area contributed by atoms with Crippen molar-refractivity contribution in [3.05, 3.63) is 0 Å². The second-order valence-corrected chi connectivity index (χ2v) is 13.3. The molecule has 2 aliphatic heterocycles. The van der Waals surface area contributed by atoms with Crippen molar-refractivity contribution in [2.75, 3.05) is 26.3 Å². The molecule has 2 saturated heterocycles. The van der Waals surface area contributed by atoms with Gasteiger partial charge in [-0.25, -0.2) is 0 Å². The van der Waals surface area contributed by atoms with E-state index in [4.69, 9.17) is 78.7 Å². The van der Waals surface area contributed by atoms with Gasteiger partial charge in [-0.15, -0.1) is 0 Å². The minimum atomic E-state index is -3.94. The highest BCUT2D eigenvalue weighted by molar-refractivity contribution is 7.54. The highest BCUT2D eigenvalue weighted by Crippen LogP contribution is 2.59. The Balaban J connectivity index is 2.18. The molecule has 0 aliphatic carbocycles. The Morgan fingerprint density at radius 2 is 1.62 bits per heavy atom. The first-order chi connectivity index (χ1) is 11.9. The quantitative estimate of drug-likeness (QED) is 0.416. The zero-order valence-electron chi connectivity index (χ0n) is 13.6. The number of carbonyl (C=O) groups excluding carboxylic acids is 1. The van der Waals surface area contributed by atoms with Gasteiger partial charge in [0.1, 0.15) is 19.0 Å². The van der Waals surface area contributed by atoms with Gasteiger partial charge in [-0.05, 0) is 32.2 Å². The lowest BCUT2D eigenvalue weighted by molar-refractivity contribution is -0.133. The maximum absolute atomic E-state index is 13.4.